The van der Waals surface area contributed by atoms with Crippen molar-refractivity contribution in [3.05, 3.63) is 46.6 Å². The summed E-state index contributed by atoms with van der Waals surface area (Å²) in [4.78, 5) is 8.74. The van der Waals surface area contributed by atoms with Gasteiger partial charge in [0.2, 0.25) is 5.95 Å². The third-order valence-corrected chi connectivity index (χ3v) is 3.77. The number of ether oxygens (including phenoxy) is 1. The Balaban J connectivity index is 1.86. The molecule has 0 spiro atoms. The molecule has 0 saturated heterocycles. The third kappa shape index (κ3) is 2.85. The number of aryl methyl sites for hydroxylation is 2. The van der Waals surface area contributed by atoms with Gasteiger partial charge in [-0.3, -0.25) is 4.57 Å². The topological polar surface area (TPSA) is 66.0 Å². The number of hydrogen-bond donors (Lipinski definition) is 1. The predicted molar refractivity (Wildman–Crippen MR) is 86.3 cm³/mol. The maximum Gasteiger partial charge on any atom is 0.202 e. The van der Waals surface area contributed by atoms with Crippen LogP contribution in [0.2, 0.25) is 0 Å². The fourth-order valence-electron chi connectivity index (χ4n) is 2.29. The van der Waals surface area contributed by atoms with Gasteiger partial charge < -0.3 is 10.5 Å². The minimum absolute atomic E-state index is 0.485. The molecule has 5 nitrogen and oxygen atoms in total. The molecule has 0 radical (unpaired) electrons. The Bertz CT molecular complexity index is 784. The predicted octanol–water partition coefficient (Wildman–Crippen LogP) is 3.03. The van der Waals surface area contributed by atoms with E-state index in [1.54, 1.807) is 13.3 Å². The highest BCUT2D eigenvalue weighted by Crippen LogP contribution is 2.20. The second-order valence-electron chi connectivity index (χ2n) is 4.72. The fourth-order valence-corrected chi connectivity index (χ4v) is 2.61. The molecule has 6 heteroatoms. The number of nitrogens with zero attached hydrogens (tertiary/aromatic N) is 3. The second-order valence-corrected chi connectivity index (χ2v) is 5.64. The number of fused-ring (bicyclic) bond motifs is 1. The van der Waals surface area contributed by atoms with Gasteiger partial charge in [0.05, 0.1) is 7.11 Å². The smallest absolute Gasteiger partial charge is 0.202 e. The van der Waals surface area contributed by atoms with E-state index in [1.165, 1.54) is 5.56 Å². The molecule has 3 rings (SSSR count). The van der Waals surface area contributed by atoms with Gasteiger partial charge in [-0.05, 0) is 46.1 Å². The van der Waals surface area contributed by atoms with E-state index in [2.05, 4.69) is 32.0 Å². The monoisotopic (exact) mass is 346 g/mol. The number of aromatic nitrogens is 3. The van der Waals surface area contributed by atoms with Crippen LogP contribution in [0.5, 0.6) is 5.75 Å². The van der Waals surface area contributed by atoms with Crippen molar-refractivity contribution >= 4 is 33.0 Å². The molecular formula is C15H15BrN4O. The number of imidazole rings is 1. The lowest BCUT2D eigenvalue weighted by molar-refractivity contribution is 0.414. The van der Waals surface area contributed by atoms with E-state index in [-0.39, 0.29) is 0 Å². The number of nitrogens with two attached hydrogens (primary N) is 1. The summed E-state index contributed by atoms with van der Waals surface area (Å²) in [6.45, 7) is 0.726. The van der Waals surface area contributed by atoms with Crippen molar-refractivity contribution in [2.45, 2.75) is 13.0 Å². The number of benzene rings is 1. The number of nitrogen functional groups attached to an aromatic ring is 1. The van der Waals surface area contributed by atoms with Crippen LogP contribution in [0.1, 0.15) is 5.56 Å². The SMILES string of the molecule is COc1cccc(CCn2c(N)nc3cc(Br)cnc32)c1. The van der Waals surface area contributed by atoms with Gasteiger partial charge in [-0.15, -0.1) is 0 Å². The molecular weight excluding hydrogens is 332 g/mol. The van der Waals surface area contributed by atoms with Gasteiger partial charge in [-0.1, -0.05) is 12.1 Å². The van der Waals surface area contributed by atoms with Gasteiger partial charge in [0.15, 0.2) is 5.65 Å². The Hall–Kier alpha value is -2.08. The highest BCUT2D eigenvalue weighted by Gasteiger charge is 2.10. The molecule has 0 bridgehead atoms. The van der Waals surface area contributed by atoms with Crippen LogP contribution >= 0.6 is 15.9 Å². The lowest BCUT2D eigenvalue weighted by atomic mass is 10.1. The van der Waals surface area contributed by atoms with Crippen LogP contribution in [-0.2, 0) is 13.0 Å². The molecule has 0 unspecified atom stereocenters. The maximum atomic E-state index is 6.00. The number of anilines is 1. The molecule has 3 aromatic rings. The van der Waals surface area contributed by atoms with Crippen LogP contribution in [0.3, 0.4) is 0 Å². The van der Waals surface area contributed by atoms with Crippen molar-refractivity contribution in [1.29, 1.82) is 0 Å². The highest BCUT2D eigenvalue weighted by atomic mass is 79.9. The Kier molecular flexibility index (Phi) is 3.79. The highest BCUT2D eigenvalue weighted by molar-refractivity contribution is 9.10. The van der Waals surface area contributed by atoms with Crippen LogP contribution in [0, 0.1) is 0 Å². The van der Waals surface area contributed by atoms with E-state index < -0.39 is 0 Å². The summed E-state index contributed by atoms with van der Waals surface area (Å²) in [6.07, 6.45) is 2.59. The van der Waals surface area contributed by atoms with Gasteiger partial charge >= 0.3 is 0 Å². The Morgan fingerprint density at radius 2 is 2.19 bits per heavy atom. The molecule has 1 aromatic carbocycles. The summed E-state index contributed by atoms with van der Waals surface area (Å²) in [7, 11) is 1.67. The summed E-state index contributed by atoms with van der Waals surface area (Å²) in [5, 5.41) is 0. The number of hydrogen-bond acceptors (Lipinski definition) is 4. The first-order valence-corrected chi connectivity index (χ1v) is 7.37. The average Bonchev–Trinajstić information content (AvgIpc) is 2.80. The van der Waals surface area contributed by atoms with E-state index in [0.29, 0.717) is 5.95 Å². The molecule has 0 atom stereocenters. The van der Waals surface area contributed by atoms with Crippen molar-refractivity contribution in [2.75, 3.05) is 12.8 Å². The van der Waals surface area contributed by atoms with Gasteiger partial charge in [-0.2, -0.15) is 0 Å². The molecule has 0 saturated carbocycles. The molecule has 2 aromatic heterocycles. The van der Waals surface area contributed by atoms with Crippen molar-refractivity contribution in [2.24, 2.45) is 0 Å². The zero-order valence-corrected chi connectivity index (χ0v) is 13.2. The van der Waals surface area contributed by atoms with Gasteiger partial charge in [-0.25, -0.2) is 9.97 Å². The Morgan fingerprint density at radius 1 is 1.33 bits per heavy atom. The summed E-state index contributed by atoms with van der Waals surface area (Å²) in [5.74, 6) is 1.34. The van der Waals surface area contributed by atoms with Crippen molar-refractivity contribution in [3.8, 4) is 5.75 Å². The van der Waals surface area contributed by atoms with Gasteiger partial charge in [0.25, 0.3) is 0 Å². The van der Waals surface area contributed by atoms with E-state index in [1.807, 2.05) is 28.8 Å². The number of methoxy groups -OCH3 is 1. The summed E-state index contributed by atoms with van der Waals surface area (Å²) >= 11 is 3.39. The van der Waals surface area contributed by atoms with Gasteiger partial charge in [0.1, 0.15) is 11.3 Å². The molecule has 0 aliphatic carbocycles. The third-order valence-electron chi connectivity index (χ3n) is 3.34. The van der Waals surface area contributed by atoms with Crippen LogP contribution in [0.15, 0.2) is 41.0 Å². The molecule has 0 aliphatic rings. The lowest BCUT2D eigenvalue weighted by Gasteiger charge is -2.07. The minimum atomic E-state index is 0.485. The Morgan fingerprint density at radius 3 is 3.00 bits per heavy atom. The maximum absolute atomic E-state index is 6.00. The van der Waals surface area contributed by atoms with Crippen LogP contribution in [0.4, 0.5) is 5.95 Å². The summed E-state index contributed by atoms with van der Waals surface area (Å²) < 4.78 is 8.07. The first-order chi connectivity index (χ1) is 10.2. The Labute approximate surface area is 130 Å². The van der Waals surface area contributed by atoms with E-state index in [9.17, 15) is 0 Å². The molecule has 0 fully saturated rings. The molecule has 108 valence electrons. The number of halogens is 1. The zero-order valence-electron chi connectivity index (χ0n) is 11.6. The largest absolute Gasteiger partial charge is 0.497 e. The normalized spacial score (nSPS) is 11.0. The molecule has 2 N–H and O–H groups in total. The van der Waals surface area contributed by atoms with E-state index >= 15 is 0 Å². The van der Waals surface area contributed by atoms with Crippen molar-refractivity contribution in [3.63, 3.8) is 0 Å². The number of pyridine rings is 1. The fraction of sp³-hybridized carbons (Fsp3) is 0.200. The van der Waals surface area contributed by atoms with E-state index in [0.717, 1.165) is 34.4 Å². The molecule has 21 heavy (non-hydrogen) atoms. The summed E-state index contributed by atoms with van der Waals surface area (Å²) in [5.41, 5.74) is 8.79. The second kappa shape index (κ2) is 5.73. The molecule has 0 amide bonds. The molecule has 0 aliphatic heterocycles. The van der Waals surface area contributed by atoms with Crippen LogP contribution in [-0.4, -0.2) is 21.6 Å². The zero-order chi connectivity index (χ0) is 14.8. The van der Waals surface area contributed by atoms with Crippen molar-refractivity contribution < 1.29 is 4.74 Å². The van der Waals surface area contributed by atoms with Crippen LogP contribution < -0.4 is 10.5 Å². The van der Waals surface area contributed by atoms with Crippen molar-refractivity contribution in [1.82, 2.24) is 14.5 Å². The minimum Gasteiger partial charge on any atom is -0.497 e. The van der Waals surface area contributed by atoms with E-state index in [4.69, 9.17) is 10.5 Å². The number of rotatable bonds is 4. The first-order valence-electron chi connectivity index (χ1n) is 6.57. The summed E-state index contributed by atoms with van der Waals surface area (Å²) in [6, 6.07) is 9.93. The first kappa shape index (κ1) is 13.9. The standard InChI is InChI=1S/C15H15BrN4O/c1-21-12-4-2-3-10(7-12)5-6-20-14-13(19-15(20)17)8-11(16)9-18-14/h2-4,7-9H,5-6H2,1H3,(H2,17,19). The quantitative estimate of drug-likeness (QED) is 0.788. The van der Waals surface area contributed by atoms with Gasteiger partial charge in [0, 0.05) is 17.2 Å². The lowest BCUT2D eigenvalue weighted by Crippen LogP contribution is -2.06. The van der Waals surface area contributed by atoms with Crippen LogP contribution in [0.25, 0.3) is 11.2 Å². The molecule has 2 heterocycles. The average molecular weight is 347 g/mol.